The van der Waals surface area contributed by atoms with Gasteiger partial charge in [0.1, 0.15) is 54.7 Å². The van der Waals surface area contributed by atoms with Gasteiger partial charge in [-0.25, -0.2) is 38.5 Å². The van der Waals surface area contributed by atoms with E-state index < -0.39 is 67.0 Å². The molecule has 5 aromatic carbocycles. The third kappa shape index (κ3) is 23.8. The smallest absolute Gasteiger partial charge is 0.373 e. The lowest BCUT2D eigenvalue weighted by Gasteiger charge is -2.23. The maximum Gasteiger partial charge on any atom is 0.373 e. The fourth-order valence-corrected chi connectivity index (χ4v) is 16.5. The van der Waals surface area contributed by atoms with Gasteiger partial charge in [-0.2, -0.15) is 32.1 Å². The number of nitro groups is 2. The van der Waals surface area contributed by atoms with Crippen LogP contribution in [0.1, 0.15) is 70.8 Å². The minimum atomic E-state index is -4.00. The summed E-state index contributed by atoms with van der Waals surface area (Å²) in [7, 11) is -2.12. The van der Waals surface area contributed by atoms with Crippen molar-refractivity contribution in [1.29, 1.82) is 0 Å². The largest absolute Gasteiger partial charge is 0.495 e. The lowest BCUT2D eigenvalue weighted by atomic mass is 10.2. The van der Waals surface area contributed by atoms with Crippen molar-refractivity contribution in [1.82, 2.24) is 18.2 Å². The molecular formula is C60H76ClN9O25S4. The van der Waals surface area contributed by atoms with Gasteiger partial charge in [-0.05, 0) is 127 Å². The second kappa shape index (κ2) is 39.4. The lowest BCUT2D eigenvalue weighted by Crippen LogP contribution is -2.41. The zero-order valence-corrected chi connectivity index (χ0v) is 59.1. The Kier molecular flexibility index (Phi) is 33.4. The first-order valence-corrected chi connectivity index (χ1v) is 36.1. The fourth-order valence-electron chi connectivity index (χ4n) is 10.1. The van der Waals surface area contributed by atoms with Crippen LogP contribution in [0.5, 0.6) is 23.0 Å². The number of benzene rings is 5. The minimum absolute atomic E-state index is 0.00157. The summed E-state index contributed by atoms with van der Waals surface area (Å²) in [6.45, 7) is 7.91. The van der Waals surface area contributed by atoms with E-state index in [2.05, 4.69) is 20.7 Å². The zero-order valence-electron chi connectivity index (χ0n) is 55.1. The Labute approximate surface area is 576 Å². The Hall–Kier alpha value is -9.20. The highest BCUT2D eigenvalue weighted by molar-refractivity contribution is 8.13. The number of nitrogens with two attached hydrogens (primary N) is 1. The maximum atomic E-state index is 13.2. The summed E-state index contributed by atoms with van der Waals surface area (Å²) in [6, 6.07) is 21.4. The summed E-state index contributed by atoms with van der Waals surface area (Å²) in [5.41, 5.74) is 7.70. The molecule has 5 N–H and O–H groups in total. The molecule has 9 rings (SSSR count). The predicted octanol–water partition coefficient (Wildman–Crippen LogP) is 6.48. The standard InChI is InChI=1S/C21H25N3O6S.C12H16N2O5S.C12H18N2O3S.C7H6ClNO5S.C6H11NO2.2CO2/c1-14-6-8-15(9-7-14)22-21(26)23-16-10-11-19(18(13-16)29-2)31(27,28)24-12-4-5-17(24)20(25)30-3;1-9-4-3-7-13(9)20(17,18)12-6-5-10(14(15)16)8-11(12)19-2;1-9-4-3-7-14(9)18(15,16)12-6-5-10(13)8-11(12)17-2;1-14-6-4-5(9(10)11)2-3-7(6)15(8,12)13;1-9-6(8)5-3-2-4-7-5;2*2-1-3/h6-11,13,17H,4-5,12H2,1-3H3,(H2,22,23,26);5-6,8-9H,3-4,7H2,1-2H3;5-6,8-9H,3-4,7,13H2,1-2H3;2-4H,1H3;5,7H,2-4H2,1H3;;/t17-;2*9-;;5-;;/m011.0../s1. The molecule has 542 valence electrons. The average Bonchev–Trinajstić information content (AvgIpc) is 1.82. The Bertz CT molecular complexity index is 4140. The van der Waals surface area contributed by atoms with Crippen LogP contribution in [0.4, 0.5) is 33.2 Å². The van der Waals surface area contributed by atoms with Gasteiger partial charge < -0.3 is 50.1 Å². The molecule has 2 amide bonds. The number of amides is 2. The van der Waals surface area contributed by atoms with Gasteiger partial charge in [-0.15, -0.1) is 0 Å². The van der Waals surface area contributed by atoms with Crippen LogP contribution in [0, 0.1) is 27.2 Å². The van der Waals surface area contributed by atoms with Crippen molar-refractivity contribution in [3.8, 4) is 23.0 Å². The molecule has 39 heteroatoms. The molecule has 4 heterocycles. The monoisotopic (exact) mass is 1490 g/mol. The first-order valence-electron chi connectivity index (χ1n) is 29.4. The highest BCUT2D eigenvalue weighted by atomic mass is 35.7. The number of hydrogen-bond donors (Lipinski definition) is 4. The van der Waals surface area contributed by atoms with Crippen LogP contribution >= 0.6 is 10.7 Å². The van der Waals surface area contributed by atoms with Crippen LogP contribution in [-0.2, 0) is 77.4 Å². The summed E-state index contributed by atoms with van der Waals surface area (Å²) in [5, 5.41) is 29.5. The molecule has 0 saturated carbocycles. The van der Waals surface area contributed by atoms with E-state index >= 15 is 0 Å². The van der Waals surface area contributed by atoms with Crippen molar-refractivity contribution in [3.63, 3.8) is 0 Å². The molecule has 4 saturated heterocycles. The summed E-state index contributed by atoms with van der Waals surface area (Å²) < 4.78 is 132. The number of carbonyl (C=O) groups excluding carboxylic acids is 7. The quantitative estimate of drug-likeness (QED) is 0.0254. The number of hydrogen-bond acceptors (Lipinski definition) is 27. The average molecular weight is 1490 g/mol. The molecule has 5 aromatic rings. The second-order valence-corrected chi connectivity index (χ2v) is 29.3. The van der Waals surface area contributed by atoms with Crippen LogP contribution in [0.15, 0.2) is 117 Å². The molecule has 4 fully saturated rings. The third-order valence-corrected chi connectivity index (χ3v) is 22.3. The van der Waals surface area contributed by atoms with Gasteiger partial charge in [0.05, 0.1) is 64.6 Å². The molecule has 0 radical (unpaired) electrons. The van der Waals surface area contributed by atoms with Crippen molar-refractivity contribution in [2.24, 2.45) is 0 Å². The molecule has 0 unspecified atom stereocenters. The number of non-ortho nitro benzene ring substituents is 2. The number of esters is 2. The highest BCUT2D eigenvalue weighted by Gasteiger charge is 2.42. The number of sulfonamides is 3. The molecule has 4 aliphatic heterocycles. The van der Waals surface area contributed by atoms with Gasteiger partial charge in [-0.1, -0.05) is 17.7 Å². The number of rotatable bonds is 17. The van der Waals surface area contributed by atoms with E-state index in [1.807, 2.05) is 32.9 Å². The van der Waals surface area contributed by atoms with Gasteiger partial charge >= 0.3 is 30.3 Å². The van der Waals surface area contributed by atoms with E-state index in [9.17, 15) is 68.3 Å². The lowest BCUT2D eigenvalue weighted by molar-refractivity contribution is -0.385. The minimum Gasteiger partial charge on any atom is -0.495 e. The van der Waals surface area contributed by atoms with Gasteiger partial charge in [0.2, 0.25) is 30.1 Å². The van der Waals surface area contributed by atoms with Crippen LogP contribution in [0.3, 0.4) is 0 Å². The van der Waals surface area contributed by atoms with Crippen LogP contribution < -0.4 is 40.6 Å². The van der Waals surface area contributed by atoms with Gasteiger partial charge in [-0.3, -0.25) is 29.8 Å². The first kappa shape index (κ1) is 84.0. The number of nitrogens with one attached hydrogen (secondary N) is 3. The van der Waals surface area contributed by atoms with Crippen LogP contribution in [0.25, 0.3) is 0 Å². The number of methoxy groups -OCH3 is 6. The molecular weight excluding hydrogens is 1410 g/mol. The third-order valence-electron chi connectivity index (χ3n) is 14.9. The normalized spacial score (nSPS) is 17.3. The Morgan fingerprint density at radius 3 is 1.33 bits per heavy atom. The van der Waals surface area contributed by atoms with Crippen molar-refractivity contribution in [2.45, 2.75) is 116 Å². The molecule has 34 nitrogen and oxygen atoms in total. The molecule has 0 bridgehead atoms. The number of nitrogens with zero attached hydrogens (tertiary/aromatic N) is 5. The summed E-state index contributed by atoms with van der Waals surface area (Å²) in [5.74, 6) is -0.520. The number of ether oxygens (including phenoxy) is 6. The molecule has 4 atom stereocenters. The van der Waals surface area contributed by atoms with Crippen molar-refractivity contribution in [2.75, 3.05) is 85.2 Å². The zero-order chi connectivity index (χ0) is 74.6. The summed E-state index contributed by atoms with van der Waals surface area (Å²) in [6.07, 6.45) is 6.89. The summed E-state index contributed by atoms with van der Waals surface area (Å²) >= 11 is 0. The van der Waals surface area contributed by atoms with Crippen LogP contribution in [-0.4, -0.2) is 180 Å². The fraction of sp³-hybridized carbons (Fsp3) is 0.417. The van der Waals surface area contributed by atoms with Crippen LogP contribution in [0.2, 0.25) is 0 Å². The molecule has 0 aromatic heterocycles. The number of nitrogen functional groups attached to an aromatic ring is 1. The molecule has 0 aliphatic carbocycles. The number of carbonyl (C=O) groups is 3. The van der Waals surface area contributed by atoms with Gasteiger partial charge in [0.15, 0.2) is 0 Å². The molecule has 99 heavy (non-hydrogen) atoms. The Morgan fingerprint density at radius 1 is 0.535 bits per heavy atom. The topological polar surface area (TPSA) is 470 Å². The molecule has 0 spiro atoms. The first-order chi connectivity index (χ1) is 46.6. The van der Waals surface area contributed by atoms with E-state index in [1.54, 1.807) is 18.2 Å². The van der Waals surface area contributed by atoms with Gasteiger partial charge in [0, 0.05) is 83.7 Å². The van der Waals surface area contributed by atoms with Gasteiger partial charge in [0.25, 0.3) is 20.4 Å². The maximum absolute atomic E-state index is 13.2. The van der Waals surface area contributed by atoms with Crippen molar-refractivity contribution >= 4 is 109 Å². The Balaban J connectivity index is 0.000000330. The second-order valence-electron chi connectivity index (χ2n) is 21.2. The van der Waals surface area contributed by atoms with E-state index in [0.717, 1.165) is 79.2 Å². The predicted molar refractivity (Wildman–Crippen MR) is 354 cm³/mol. The number of anilines is 3. The number of halogens is 1. The SMILES string of the molecule is COC(=O)[C@@H]1CCCN1.COC(=O)[C@@H]1CCCN1S(=O)(=O)c1ccc(NC(=O)Nc2ccc(C)cc2)cc1OC.COc1cc(N)ccc1S(=O)(=O)N1CCC[C@H]1C.COc1cc([N+](=O)[O-])ccc1S(=O)(=O)Cl.COc1cc([N+](=O)[O-])ccc1S(=O)(=O)N1CCC[C@H]1C.O=C=O.O=C=O. The van der Waals surface area contributed by atoms with E-state index in [0.29, 0.717) is 48.7 Å². The van der Waals surface area contributed by atoms with Crippen molar-refractivity contribution < 1.29 is 106 Å². The summed E-state index contributed by atoms with van der Waals surface area (Å²) in [4.78, 5) is 87.1. The van der Waals surface area contributed by atoms with E-state index in [1.165, 1.54) is 93.7 Å². The number of nitro benzene ring substituents is 2. The highest BCUT2D eigenvalue weighted by Crippen LogP contribution is 2.37. The van der Waals surface area contributed by atoms with Crippen molar-refractivity contribution in [3.05, 3.63) is 123 Å². The Morgan fingerprint density at radius 2 is 0.919 bits per heavy atom. The van der Waals surface area contributed by atoms with E-state index in [-0.39, 0.29) is 91.1 Å². The number of urea groups is 1. The van der Waals surface area contributed by atoms with E-state index in [4.69, 9.17) is 59.3 Å². The number of aryl methyl sites for hydroxylation is 1. The molecule has 4 aliphatic rings.